The summed E-state index contributed by atoms with van der Waals surface area (Å²) in [6.07, 6.45) is 1.64. The Balaban J connectivity index is 1.61. The fraction of sp³-hybridized carbons (Fsp3) is 0.0690. The maximum absolute atomic E-state index is 13.5. The van der Waals surface area contributed by atoms with Gasteiger partial charge >= 0.3 is 0 Å². The van der Waals surface area contributed by atoms with Gasteiger partial charge in [-0.2, -0.15) is 0 Å². The van der Waals surface area contributed by atoms with Crippen molar-refractivity contribution in [2.24, 2.45) is 0 Å². The zero-order chi connectivity index (χ0) is 25.2. The van der Waals surface area contributed by atoms with Gasteiger partial charge in [-0.1, -0.05) is 48.5 Å². The van der Waals surface area contributed by atoms with E-state index in [9.17, 15) is 9.59 Å². The van der Waals surface area contributed by atoms with E-state index in [4.69, 9.17) is 17.0 Å². The van der Waals surface area contributed by atoms with Crippen molar-refractivity contribution in [2.45, 2.75) is 6.92 Å². The van der Waals surface area contributed by atoms with Crippen LogP contribution in [0, 0.1) is 6.92 Å². The van der Waals surface area contributed by atoms with Gasteiger partial charge in [0.2, 0.25) is 0 Å². The van der Waals surface area contributed by atoms with Gasteiger partial charge in [0, 0.05) is 11.4 Å². The van der Waals surface area contributed by atoms with E-state index in [-0.39, 0.29) is 10.7 Å². The van der Waals surface area contributed by atoms with Gasteiger partial charge in [-0.3, -0.25) is 19.8 Å². The fourth-order valence-corrected chi connectivity index (χ4v) is 4.56. The van der Waals surface area contributed by atoms with E-state index in [1.54, 1.807) is 37.5 Å². The van der Waals surface area contributed by atoms with Crippen molar-refractivity contribution in [3.05, 3.63) is 108 Å². The lowest BCUT2D eigenvalue weighted by Crippen LogP contribution is -2.54. The van der Waals surface area contributed by atoms with Gasteiger partial charge in [0.1, 0.15) is 11.3 Å². The van der Waals surface area contributed by atoms with Crippen molar-refractivity contribution in [1.82, 2.24) is 9.88 Å². The maximum Gasteiger partial charge on any atom is 0.270 e. The molecule has 1 N–H and O–H groups in total. The number of nitrogens with one attached hydrogen (secondary N) is 1. The lowest BCUT2D eigenvalue weighted by molar-refractivity contribution is -0.122. The van der Waals surface area contributed by atoms with Gasteiger partial charge in [0.25, 0.3) is 11.8 Å². The van der Waals surface area contributed by atoms with E-state index in [0.29, 0.717) is 11.4 Å². The number of carbonyl (C=O) groups is 2. The number of nitrogens with zero attached hydrogens (tertiary/aromatic N) is 2. The number of aromatic nitrogens is 1. The highest BCUT2D eigenvalue weighted by molar-refractivity contribution is 7.80. The largest absolute Gasteiger partial charge is 0.497 e. The normalized spacial score (nSPS) is 14.8. The first kappa shape index (κ1) is 23.3. The number of hydrogen-bond acceptors (Lipinski definition) is 4. The van der Waals surface area contributed by atoms with E-state index < -0.39 is 11.8 Å². The second-order valence-electron chi connectivity index (χ2n) is 8.26. The molecule has 0 bridgehead atoms. The molecule has 178 valence electrons. The lowest BCUT2D eigenvalue weighted by Gasteiger charge is -2.29. The van der Waals surface area contributed by atoms with Crippen LogP contribution >= 0.6 is 12.2 Å². The Morgan fingerprint density at radius 3 is 2.14 bits per heavy atom. The number of thiocarbonyl (C=S) groups is 1. The predicted molar refractivity (Wildman–Crippen MR) is 145 cm³/mol. The minimum Gasteiger partial charge on any atom is -0.497 e. The summed E-state index contributed by atoms with van der Waals surface area (Å²) in [5.41, 5.74) is 5.18. The van der Waals surface area contributed by atoms with Crippen LogP contribution < -0.4 is 15.0 Å². The van der Waals surface area contributed by atoms with Gasteiger partial charge in [-0.25, -0.2) is 0 Å². The predicted octanol–water partition coefficient (Wildman–Crippen LogP) is 5.29. The lowest BCUT2D eigenvalue weighted by atomic mass is 10.1. The van der Waals surface area contributed by atoms with Crippen LogP contribution in [0.4, 0.5) is 5.69 Å². The van der Waals surface area contributed by atoms with Crippen molar-refractivity contribution in [1.29, 1.82) is 0 Å². The molecule has 1 fully saturated rings. The van der Waals surface area contributed by atoms with Gasteiger partial charge in [-0.15, -0.1) is 0 Å². The number of benzene rings is 3. The molecule has 0 unspecified atom stereocenters. The third kappa shape index (κ3) is 4.21. The SMILES string of the molecule is COc1ccc(N2C(=O)C(=Cc3cc(-c4ccccc4)n(-c4ccccc4)c3C)C(=O)NC2=S)cc1. The molecule has 0 radical (unpaired) electrons. The first-order valence-electron chi connectivity index (χ1n) is 11.4. The molecule has 2 amide bonds. The highest BCUT2D eigenvalue weighted by atomic mass is 32.1. The van der Waals surface area contributed by atoms with E-state index in [0.717, 1.165) is 28.2 Å². The van der Waals surface area contributed by atoms with Gasteiger partial charge < -0.3 is 9.30 Å². The van der Waals surface area contributed by atoms with E-state index in [1.165, 1.54) is 4.90 Å². The standard InChI is InChI=1S/C29H23N3O3S/c1-19-21(18-26(20-9-5-3-6-10-20)31(19)22-11-7-4-8-12-22)17-25-27(33)30-29(36)32(28(25)34)23-13-15-24(35-2)16-14-23/h3-18H,1-2H3,(H,30,33,36). The van der Waals surface area contributed by atoms with Crippen LogP contribution in [0.2, 0.25) is 0 Å². The number of carbonyl (C=O) groups excluding carboxylic acids is 2. The van der Waals surface area contributed by atoms with E-state index in [1.807, 2.05) is 73.7 Å². The molecule has 1 aliphatic heterocycles. The molecule has 3 aromatic carbocycles. The van der Waals surface area contributed by atoms with Crippen LogP contribution in [0.3, 0.4) is 0 Å². The molecule has 1 aliphatic rings. The summed E-state index contributed by atoms with van der Waals surface area (Å²) in [5, 5.41) is 2.69. The van der Waals surface area contributed by atoms with Crippen molar-refractivity contribution >= 4 is 40.9 Å². The average Bonchev–Trinajstić information content (AvgIpc) is 3.23. The van der Waals surface area contributed by atoms with Crippen molar-refractivity contribution in [3.8, 4) is 22.7 Å². The molecule has 0 atom stereocenters. The quantitative estimate of drug-likeness (QED) is 0.233. The van der Waals surface area contributed by atoms with Crippen molar-refractivity contribution < 1.29 is 14.3 Å². The molecular weight excluding hydrogens is 470 g/mol. The Bertz CT molecular complexity index is 1490. The second kappa shape index (κ2) is 9.64. The third-order valence-electron chi connectivity index (χ3n) is 6.10. The first-order valence-corrected chi connectivity index (χ1v) is 11.8. The summed E-state index contributed by atoms with van der Waals surface area (Å²) in [7, 11) is 1.57. The number of methoxy groups -OCH3 is 1. The summed E-state index contributed by atoms with van der Waals surface area (Å²) < 4.78 is 7.33. The minimum atomic E-state index is -0.525. The molecule has 7 heteroatoms. The summed E-state index contributed by atoms with van der Waals surface area (Å²) >= 11 is 5.33. The van der Waals surface area contributed by atoms with Gasteiger partial charge in [-0.05, 0) is 78.8 Å². The Morgan fingerprint density at radius 1 is 0.861 bits per heavy atom. The van der Waals surface area contributed by atoms with Crippen LogP contribution in [0.5, 0.6) is 5.75 Å². The Hall–Kier alpha value is -4.49. The maximum atomic E-state index is 13.5. The number of anilines is 1. The third-order valence-corrected chi connectivity index (χ3v) is 6.39. The Labute approximate surface area is 214 Å². The van der Waals surface area contributed by atoms with Crippen LogP contribution in [0.1, 0.15) is 11.3 Å². The van der Waals surface area contributed by atoms with Crippen LogP contribution in [0.15, 0.2) is 96.6 Å². The summed E-state index contributed by atoms with van der Waals surface area (Å²) in [5.74, 6) is -0.356. The molecule has 5 rings (SSSR count). The van der Waals surface area contributed by atoms with Gasteiger partial charge in [0.15, 0.2) is 5.11 Å². The zero-order valence-corrected chi connectivity index (χ0v) is 20.6. The monoisotopic (exact) mass is 493 g/mol. The molecule has 2 heterocycles. The van der Waals surface area contributed by atoms with Crippen LogP contribution in [-0.2, 0) is 9.59 Å². The number of para-hydroxylation sites is 1. The molecule has 36 heavy (non-hydrogen) atoms. The average molecular weight is 494 g/mol. The molecule has 0 aliphatic carbocycles. The molecule has 4 aromatic rings. The van der Waals surface area contributed by atoms with E-state index in [2.05, 4.69) is 9.88 Å². The van der Waals surface area contributed by atoms with Crippen molar-refractivity contribution in [3.63, 3.8) is 0 Å². The zero-order valence-electron chi connectivity index (χ0n) is 19.8. The molecular formula is C29H23N3O3S. The van der Waals surface area contributed by atoms with E-state index >= 15 is 0 Å². The van der Waals surface area contributed by atoms with Crippen LogP contribution in [-0.4, -0.2) is 28.6 Å². The molecule has 1 aromatic heterocycles. The smallest absolute Gasteiger partial charge is 0.270 e. The highest BCUT2D eigenvalue weighted by Crippen LogP contribution is 2.32. The number of amides is 2. The van der Waals surface area contributed by atoms with Crippen molar-refractivity contribution in [2.75, 3.05) is 12.0 Å². The Kier molecular flexibility index (Phi) is 6.23. The summed E-state index contributed by atoms with van der Waals surface area (Å²) in [6.45, 7) is 1.98. The van der Waals surface area contributed by atoms with Gasteiger partial charge in [0.05, 0.1) is 18.5 Å². The highest BCUT2D eigenvalue weighted by Gasteiger charge is 2.34. The fourth-order valence-electron chi connectivity index (χ4n) is 4.28. The molecule has 1 saturated heterocycles. The molecule has 0 spiro atoms. The summed E-state index contributed by atoms with van der Waals surface area (Å²) in [6, 6.07) is 28.9. The number of hydrogen-bond donors (Lipinski definition) is 1. The number of ether oxygens (including phenoxy) is 1. The molecule has 6 nitrogen and oxygen atoms in total. The van der Waals surface area contributed by atoms with Crippen LogP contribution in [0.25, 0.3) is 23.0 Å². The second-order valence-corrected chi connectivity index (χ2v) is 8.65. The summed E-state index contributed by atoms with van der Waals surface area (Å²) in [4.78, 5) is 27.7. The minimum absolute atomic E-state index is 0.00680. The molecule has 0 saturated carbocycles. The topological polar surface area (TPSA) is 63.6 Å². The Morgan fingerprint density at radius 2 is 1.50 bits per heavy atom. The number of rotatable bonds is 5. The first-order chi connectivity index (χ1) is 17.5.